The fourth-order valence-corrected chi connectivity index (χ4v) is 4.53. The first-order chi connectivity index (χ1) is 13.6. The maximum atomic E-state index is 12.9. The average molecular weight is 452 g/mol. The van der Waals surface area contributed by atoms with Crippen LogP contribution in [0.25, 0.3) is 0 Å². The maximum Gasteiger partial charge on any atom is 0.262 e. The molecule has 0 radical (unpaired) electrons. The Kier molecular flexibility index (Phi) is 6.27. The molecule has 0 aliphatic heterocycles. The second kappa shape index (κ2) is 8.38. The molecule has 0 bridgehead atoms. The van der Waals surface area contributed by atoms with Crippen LogP contribution in [0.3, 0.4) is 0 Å². The quantitative estimate of drug-likeness (QED) is 0.516. The van der Waals surface area contributed by atoms with E-state index in [0.717, 1.165) is 16.8 Å². The number of benzene rings is 2. The van der Waals surface area contributed by atoms with Crippen molar-refractivity contribution in [3.63, 3.8) is 0 Å². The van der Waals surface area contributed by atoms with Crippen LogP contribution in [0.1, 0.15) is 42.3 Å². The van der Waals surface area contributed by atoms with Crippen LogP contribution in [0.15, 0.2) is 47.4 Å². The molecule has 2 aromatic carbocycles. The van der Waals surface area contributed by atoms with Gasteiger partial charge in [0.25, 0.3) is 10.0 Å². The van der Waals surface area contributed by atoms with E-state index in [1.54, 1.807) is 35.9 Å². The Labute approximate surface area is 181 Å². The van der Waals surface area contributed by atoms with Crippen LogP contribution in [-0.4, -0.2) is 18.2 Å². The summed E-state index contributed by atoms with van der Waals surface area (Å²) >= 11 is 12.1. The summed E-state index contributed by atoms with van der Waals surface area (Å²) in [6.07, 6.45) is 0. The highest BCUT2D eigenvalue weighted by molar-refractivity contribution is 7.92. The van der Waals surface area contributed by atoms with Gasteiger partial charge in [0.15, 0.2) is 0 Å². The van der Waals surface area contributed by atoms with E-state index in [1.807, 2.05) is 25.1 Å². The molecule has 1 N–H and O–H groups in total. The van der Waals surface area contributed by atoms with Gasteiger partial charge in [-0.1, -0.05) is 55.2 Å². The first-order valence-electron chi connectivity index (χ1n) is 9.19. The number of aromatic nitrogens is 2. The third-order valence-electron chi connectivity index (χ3n) is 4.79. The smallest absolute Gasteiger partial charge is 0.262 e. The number of hydrogen-bond acceptors (Lipinski definition) is 3. The predicted molar refractivity (Wildman–Crippen MR) is 119 cm³/mol. The average Bonchev–Trinajstić information content (AvgIpc) is 2.92. The zero-order valence-corrected chi connectivity index (χ0v) is 19.0. The van der Waals surface area contributed by atoms with Crippen LogP contribution < -0.4 is 4.72 Å². The fraction of sp³-hybridized carbons (Fsp3) is 0.286. The molecule has 0 aliphatic rings. The van der Waals surface area contributed by atoms with E-state index < -0.39 is 10.0 Å². The Bertz CT molecular complexity index is 1140. The molecule has 5 nitrogen and oxygen atoms in total. The van der Waals surface area contributed by atoms with E-state index in [-0.39, 0.29) is 4.90 Å². The van der Waals surface area contributed by atoms with Gasteiger partial charge in [-0.05, 0) is 55.2 Å². The molecular formula is C21H23Cl2N3O2S. The van der Waals surface area contributed by atoms with Gasteiger partial charge in [0, 0.05) is 0 Å². The number of aryl methyl sites for hydroxylation is 1. The zero-order chi connectivity index (χ0) is 21.3. The number of nitrogens with one attached hydrogen (secondary N) is 1. The molecule has 0 amide bonds. The number of sulfonamides is 1. The van der Waals surface area contributed by atoms with Crippen LogP contribution in [0, 0.1) is 13.8 Å². The molecule has 1 heterocycles. The third kappa shape index (κ3) is 4.77. The van der Waals surface area contributed by atoms with Gasteiger partial charge in [-0.2, -0.15) is 5.10 Å². The molecule has 0 saturated heterocycles. The van der Waals surface area contributed by atoms with E-state index in [4.69, 9.17) is 23.2 Å². The molecule has 0 unspecified atom stereocenters. The third-order valence-corrected chi connectivity index (χ3v) is 6.90. The van der Waals surface area contributed by atoms with Crippen molar-refractivity contribution in [3.05, 3.63) is 75.0 Å². The summed E-state index contributed by atoms with van der Waals surface area (Å²) in [5.41, 5.74) is 3.81. The number of hydrogen-bond donors (Lipinski definition) is 1. The van der Waals surface area contributed by atoms with Crippen LogP contribution in [-0.2, 0) is 16.6 Å². The summed E-state index contributed by atoms with van der Waals surface area (Å²) in [6.45, 7) is 8.19. The summed E-state index contributed by atoms with van der Waals surface area (Å²) in [4.78, 5) is 0.220. The van der Waals surface area contributed by atoms with Crippen LogP contribution in [0.4, 0.5) is 5.69 Å². The van der Waals surface area contributed by atoms with Crippen LogP contribution in [0.5, 0.6) is 0 Å². The second-order valence-corrected chi connectivity index (χ2v) is 9.78. The lowest BCUT2D eigenvalue weighted by molar-refractivity contribution is 0.601. The summed E-state index contributed by atoms with van der Waals surface area (Å²) < 4.78 is 30.1. The Morgan fingerprint density at radius 1 is 1.03 bits per heavy atom. The first kappa shape index (κ1) is 21.7. The standard InChI is InChI=1S/C21H23Cl2N3O2S/c1-13(2)17-6-8-18(9-7-17)29(27,28)25-21-14(3)24-26(15(21)4)12-16-5-10-19(22)20(23)11-16/h5-11,13,25H,12H2,1-4H3. The van der Waals surface area contributed by atoms with Crippen molar-refractivity contribution in [1.82, 2.24) is 9.78 Å². The Morgan fingerprint density at radius 2 is 1.69 bits per heavy atom. The van der Waals surface area contributed by atoms with Gasteiger partial charge >= 0.3 is 0 Å². The van der Waals surface area contributed by atoms with E-state index in [1.165, 1.54) is 0 Å². The minimum Gasteiger partial charge on any atom is -0.276 e. The molecule has 0 spiro atoms. The summed E-state index contributed by atoms with van der Waals surface area (Å²) in [7, 11) is -3.71. The lowest BCUT2D eigenvalue weighted by atomic mass is 10.0. The first-order valence-corrected chi connectivity index (χ1v) is 11.4. The Morgan fingerprint density at radius 3 is 2.28 bits per heavy atom. The van der Waals surface area contributed by atoms with Crippen molar-refractivity contribution < 1.29 is 8.42 Å². The van der Waals surface area contributed by atoms with E-state index in [2.05, 4.69) is 23.7 Å². The maximum absolute atomic E-state index is 12.9. The van der Waals surface area contributed by atoms with Crippen molar-refractivity contribution >= 4 is 38.9 Å². The number of nitrogens with zero attached hydrogens (tertiary/aromatic N) is 2. The largest absolute Gasteiger partial charge is 0.276 e. The van der Waals surface area contributed by atoms with Crippen molar-refractivity contribution in [2.45, 2.75) is 45.1 Å². The minimum absolute atomic E-state index is 0.220. The molecule has 154 valence electrons. The van der Waals surface area contributed by atoms with Crippen LogP contribution in [0.2, 0.25) is 10.0 Å². The van der Waals surface area contributed by atoms with Crippen molar-refractivity contribution in [2.24, 2.45) is 0 Å². The Hall–Kier alpha value is -2.02. The topological polar surface area (TPSA) is 64.0 Å². The highest BCUT2D eigenvalue weighted by Gasteiger charge is 2.20. The zero-order valence-electron chi connectivity index (χ0n) is 16.7. The Balaban J connectivity index is 1.86. The molecular weight excluding hydrogens is 429 g/mol. The molecule has 3 aromatic rings. The van der Waals surface area contributed by atoms with Gasteiger partial charge < -0.3 is 0 Å². The number of rotatable bonds is 6. The molecule has 1 aromatic heterocycles. The highest BCUT2D eigenvalue weighted by atomic mass is 35.5. The SMILES string of the molecule is Cc1nn(Cc2ccc(Cl)c(Cl)c2)c(C)c1NS(=O)(=O)c1ccc(C(C)C)cc1. The van der Waals surface area contributed by atoms with Crippen LogP contribution >= 0.6 is 23.2 Å². The van der Waals surface area contributed by atoms with Gasteiger partial charge in [0.2, 0.25) is 0 Å². The summed E-state index contributed by atoms with van der Waals surface area (Å²) in [5.74, 6) is 0.337. The normalized spacial score (nSPS) is 11.8. The number of halogens is 2. The van der Waals surface area contributed by atoms with E-state index in [9.17, 15) is 8.42 Å². The summed E-state index contributed by atoms with van der Waals surface area (Å²) in [6, 6.07) is 12.3. The van der Waals surface area contributed by atoms with Crippen molar-refractivity contribution in [3.8, 4) is 0 Å². The summed E-state index contributed by atoms with van der Waals surface area (Å²) in [5, 5.41) is 5.44. The number of anilines is 1. The van der Waals surface area contributed by atoms with Gasteiger partial charge in [-0.15, -0.1) is 0 Å². The monoisotopic (exact) mass is 451 g/mol. The van der Waals surface area contributed by atoms with Crippen molar-refractivity contribution in [2.75, 3.05) is 4.72 Å². The predicted octanol–water partition coefficient (Wildman–Crippen LogP) is 5.78. The molecule has 8 heteroatoms. The molecule has 0 aliphatic carbocycles. The van der Waals surface area contributed by atoms with Gasteiger partial charge in [0.05, 0.1) is 38.6 Å². The highest BCUT2D eigenvalue weighted by Crippen LogP contribution is 2.27. The molecule has 0 atom stereocenters. The van der Waals surface area contributed by atoms with Gasteiger partial charge in [-0.3, -0.25) is 9.40 Å². The second-order valence-electron chi connectivity index (χ2n) is 7.28. The molecule has 29 heavy (non-hydrogen) atoms. The van der Waals surface area contributed by atoms with E-state index in [0.29, 0.717) is 33.9 Å². The lowest BCUT2D eigenvalue weighted by Crippen LogP contribution is -2.14. The molecule has 0 fully saturated rings. The molecule has 0 saturated carbocycles. The van der Waals surface area contributed by atoms with Crippen molar-refractivity contribution in [1.29, 1.82) is 0 Å². The minimum atomic E-state index is -3.71. The van der Waals surface area contributed by atoms with Gasteiger partial charge in [0.1, 0.15) is 0 Å². The van der Waals surface area contributed by atoms with Gasteiger partial charge in [-0.25, -0.2) is 8.42 Å². The molecule has 3 rings (SSSR count). The fourth-order valence-electron chi connectivity index (χ4n) is 3.03. The van der Waals surface area contributed by atoms with E-state index >= 15 is 0 Å². The lowest BCUT2D eigenvalue weighted by Gasteiger charge is -2.11.